The number of nitrogens with zero attached hydrogens (tertiary/aromatic N) is 2. The Balaban J connectivity index is 2.00. The normalized spacial score (nSPS) is 10.5. The molecule has 0 saturated carbocycles. The van der Waals surface area contributed by atoms with Gasteiger partial charge >= 0.3 is 0 Å². The lowest BCUT2D eigenvalue weighted by molar-refractivity contribution is 0.311. The van der Waals surface area contributed by atoms with Crippen LogP contribution in [0.15, 0.2) is 30.3 Å². The van der Waals surface area contributed by atoms with Crippen molar-refractivity contribution in [1.29, 1.82) is 0 Å². The summed E-state index contributed by atoms with van der Waals surface area (Å²) in [5.41, 5.74) is 1.56. The number of aromatic nitrogens is 3. The molecular formula is C20H23N3O5. The molecule has 0 atom stereocenters. The van der Waals surface area contributed by atoms with Gasteiger partial charge in [0.15, 0.2) is 34.6 Å². The van der Waals surface area contributed by atoms with E-state index >= 15 is 0 Å². The predicted molar refractivity (Wildman–Crippen MR) is 105 cm³/mol. The number of rotatable bonds is 8. The van der Waals surface area contributed by atoms with Crippen molar-refractivity contribution in [2.24, 2.45) is 0 Å². The monoisotopic (exact) mass is 385 g/mol. The lowest BCUT2D eigenvalue weighted by Gasteiger charge is -2.13. The van der Waals surface area contributed by atoms with Crippen molar-refractivity contribution >= 4 is 0 Å². The second-order valence-electron chi connectivity index (χ2n) is 5.72. The van der Waals surface area contributed by atoms with Gasteiger partial charge in [0, 0.05) is 11.1 Å². The van der Waals surface area contributed by atoms with Crippen molar-refractivity contribution in [3.05, 3.63) is 30.3 Å². The number of methoxy groups -OCH3 is 4. The summed E-state index contributed by atoms with van der Waals surface area (Å²) in [6, 6.07) is 9.19. The number of hydrogen-bond acceptors (Lipinski definition) is 7. The highest BCUT2D eigenvalue weighted by atomic mass is 16.5. The quantitative estimate of drug-likeness (QED) is 0.634. The average molecular weight is 385 g/mol. The second-order valence-corrected chi connectivity index (χ2v) is 5.72. The Labute approximate surface area is 163 Å². The zero-order chi connectivity index (χ0) is 20.1. The first-order valence-corrected chi connectivity index (χ1v) is 8.69. The molecule has 8 heteroatoms. The minimum atomic E-state index is 0.503. The molecule has 3 aromatic rings. The van der Waals surface area contributed by atoms with E-state index in [1.54, 1.807) is 40.6 Å². The van der Waals surface area contributed by atoms with E-state index in [-0.39, 0.29) is 0 Å². The Bertz CT molecular complexity index is 930. The van der Waals surface area contributed by atoms with Crippen LogP contribution in [0.3, 0.4) is 0 Å². The van der Waals surface area contributed by atoms with Crippen molar-refractivity contribution in [3.63, 3.8) is 0 Å². The summed E-state index contributed by atoms with van der Waals surface area (Å²) >= 11 is 0. The highest BCUT2D eigenvalue weighted by Gasteiger charge is 2.17. The molecule has 28 heavy (non-hydrogen) atoms. The zero-order valence-electron chi connectivity index (χ0n) is 16.5. The first-order chi connectivity index (χ1) is 13.6. The molecule has 0 spiro atoms. The van der Waals surface area contributed by atoms with Crippen LogP contribution < -0.4 is 23.7 Å². The van der Waals surface area contributed by atoms with Gasteiger partial charge in [-0.15, -0.1) is 0 Å². The van der Waals surface area contributed by atoms with E-state index in [4.69, 9.17) is 23.7 Å². The van der Waals surface area contributed by atoms with E-state index in [2.05, 4.69) is 15.2 Å². The molecule has 0 bridgehead atoms. The molecule has 0 fully saturated rings. The molecule has 1 N–H and O–H groups in total. The van der Waals surface area contributed by atoms with Crippen molar-refractivity contribution < 1.29 is 23.7 Å². The van der Waals surface area contributed by atoms with Crippen molar-refractivity contribution in [1.82, 2.24) is 15.2 Å². The van der Waals surface area contributed by atoms with Crippen LogP contribution in [-0.2, 0) is 0 Å². The van der Waals surface area contributed by atoms with Gasteiger partial charge in [-0.2, -0.15) is 5.10 Å². The second kappa shape index (κ2) is 8.51. The Hall–Kier alpha value is -3.42. The van der Waals surface area contributed by atoms with E-state index in [1.165, 1.54) is 0 Å². The molecular weight excluding hydrogens is 362 g/mol. The fourth-order valence-corrected chi connectivity index (χ4v) is 2.82. The molecule has 1 aromatic heterocycles. The molecule has 148 valence electrons. The third kappa shape index (κ3) is 3.66. The molecule has 0 unspecified atom stereocenters. The van der Waals surface area contributed by atoms with Gasteiger partial charge in [-0.3, -0.25) is 5.10 Å². The molecule has 0 radical (unpaired) electrons. The fourth-order valence-electron chi connectivity index (χ4n) is 2.82. The van der Waals surface area contributed by atoms with Crippen molar-refractivity contribution in [2.75, 3.05) is 35.0 Å². The maximum Gasteiger partial charge on any atom is 0.203 e. The van der Waals surface area contributed by atoms with Crippen LogP contribution in [0.4, 0.5) is 0 Å². The molecule has 0 aliphatic rings. The van der Waals surface area contributed by atoms with Gasteiger partial charge < -0.3 is 23.7 Å². The topological polar surface area (TPSA) is 87.7 Å². The molecule has 0 amide bonds. The first-order valence-electron chi connectivity index (χ1n) is 8.69. The molecule has 0 saturated heterocycles. The van der Waals surface area contributed by atoms with Crippen LogP contribution in [0.25, 0.3) is 22.8 Å². The fraction of sp³-hybridized carbons (Fsp3) is 0.300. The van der Waals surface area contributed by atoms with E-state index in [1.807, 2.05) is 25.1 Å². The summed E-state index contributed by atoms with van der Waals surface area (Å²) in [6.45, 7) is 2.45. The predicted octanol–water partition coefficient (Wildman–Crippen LogP) is 3.57. The van der Waals surface area contributed by atoms with Crippen LogP contribution in [0.1, 0.15) is 6.92 Å². The molecule has 0 aliphatic heterocycles. The molecule has 1 heterocycles. The van der Waals surface area contributed by atoms with Crippen LogP contribution in [0, 0.1) is 0 Å². The lowest BCUT2D eigenvalue weighted by Crippen LogP contribution is -1.96. The number of aromatic amines is 1. The van der Waals surface area contributed by atoms with Crippen molar-refractivity contribution in [2.45, 2.75) is 6.92 Å². The van der Waals surface area contributed by atoms with Gasteiger partial charge in [-0.05, 0) is 37.3 Å². The van der Waals surface area contributed by atoms with Gasteiger partial charge in [0.1, 0.15) is 0 Å². The van der Waals surface area contributed by atoms with E-state index in [0.717, 1.165) is 11.1 Å². The average Bonchev–Trinajstić information content (AvgIpc) is 3.23. The SMILES string of the molecule is CCOc1cc(-c2nc(-c3cc(OC)c(OC)c(OC)c3)n[nH]2)ccc1OC. The smallest absolute Gasteiger partial charge is 0.203 e. The highest BCUT2D eigenvalue weighted by Crippen LogP contribution is 2.40. The zero-order valence-corrected chi connectivity index (χ0v) is 16.5. The molecule has 3 rings (SSSR count). The minimum Gasteiger partial charge on any atom is -0.493 e. The summed E-state index contributed by atoms with van der Waals surface area (Å²) in [5.74, 6) is 4.00. The van der Waals surface area contributed by atoms with Crippen LogP contribution in [0.2, 0.25) is 0 Å². The van der Waals surface area contributed by atoms with Gasteiger partial charge in [-0.1, -0.05) is 0 Å². The Kier molecular flexibility index (Phi) is 5.88. The number of hydrogen-bond donors (Lipinski definition) is 1. The standard InChI is InChI=1S/C20H23N3O5/c1-6-28-15-9-12(7-8-14(15)24-2)19-21-20(23-22-19)13-10-16(25-3)18(27-5)17(11-13)26-4/h7-11H,6H2,1-5H3,(H,21,22,23). The largest absolute Gasteiger partial charge is 0.493 e. The van der Waals surface area contributed by atoms with E-state index in [0.29, 0.717) is 47.0 Å². The van der Waals surface area contributed by atoms with Gasteiger partial charge in [0.25, 0.3) is 0 Å². The first kappa shape index (κ1) is 19.3. The summed E-state index contributed by atoms with van der Waals surface area (Å²) in [6.07, 6.45) is 0. The summed E-state index contributed by atoms with van der Waals surface area (Å²) in [5, 5.41) is 7.29. The van der Waals surface area contributed by atoms with E-state index < -0.39 is 0 Å². The van der Waals surface area contributed by atoms with Crippen molar-refractivity contribution in [3.8, 4) is 51.5 Å². The number of benzene rings is 2. The molecule has 8 nitrogen and oxygen atoms in total. The Morgan fingerprint density at radius 1 is 0.786 bits per heavy atom. The summed E-state index contributed by atoms with van der Waals surface area (Å²) < 4.78 is 27.1. The minimum absolute atomic E-state index is 0.503. The lowest BCUT2D eigenvalue weighted by atomic mass is 10.1. The van der Waals surface area contributed by atoms with E-state index in [9.17, 15) is 0 Å². The number of nitrogens with one attached hydrogen (secondary N) is 1. The molecule has 2 aromatic carbocycles. The Morgan fingerprint density at radius 3 is 2.00 bits per heavy atom. The highest BCUT2D eigenvalue weighted by molar-refractivity contribution is 5.69. The summed E-state index contributed by atoms with van der Waals surface area (Å²) in [4.78, 5) is 4.60. The number of ether oxygens (including phenoxy) is 5. The van der Waals surface area contributed by atoms with Gasteiger partial charge in [0.2, 0.25) is 5.75 Å². The van der Waals surface area contributed by atoms with Crippen LogP contribution >= 0.6 is 0 Å². The Morgan fingerprint density at radius 2 is 1.43 bits per heavy atom. The number of H-pyrrole nitrogens is 1. The maximum absolute atomic E-state index is 5.63. The third-order valence-corrected chi connectivity index (χ3v) is 4.15. The maximum atomic E-state index is 5.63. The van der Waals surface area contributed by atoms with Crippen LogP contribution in [0.5, 0.6) is 28.7 Å². The summed E-state index contributed by atoms with van der Waals surface area (Å²) in [7, 11) is 6.30. The van der Waals surface area contributed by atoms with Gasteiger partial charge in [-0.25, -0.2) is 4.98 Å². The molecule has 0 aliphatic carbocycles. The van der Waals surface area contributed by atoms with Crippen LogP contribution in [-0.4, -0.2) is 50.2 Å². The van der Waals surface area contributed by atoms with Gasteiger partial charge in [0.05, 0.1) is 35.0 Å². The third-order valence-electron chi connectivity index (χ3n) is 4.15.